The Kier molecular flexibility index (Phi) is 6.10. The predicted octanol–water partition coefficient (Wildman–Crippen LogP) is 5.54. The Morgan fingerprint density at radius 2 is 1.84 bits per heavy atom. The third-order valence-electron chi connectivity index (χ3n) is 4.66. The molecule has 1 aliphatic heterocycles. The molecule has 1 unspecified atom stereocenters. The highest BCUT2D eigenvalue weighted by Crippen LogP contribution is 2.31. The van der Waals surface area contributed by atoms with Crippen LogP contribution >= 0.6 is 0 Å². The number of furan rings is 1. The third kappa shape index (κ3) is 4.85. The van der Waals surface area contributed by atoms with E-state index >= 15 is 0 Å². The Labute approximate surface area is 149 Å². The van der Waals surface area contributed by atoms with Gasteiger partial charge in [0.1, 0.15) is 11.9 Å². The van der Waals surface area contributed by atoms with Crippen LogP contribution in [-0.4, -0.2) is 12.1 Å². The molecule has 0 spiro atoms. The number of cyclic esters (lactones) is 1. The standard InChI is InChI=1S/C22H26O3/c1-2-3-4-5-9-12-21-20(15-22(23)25-21)18-14-19(24-16-18)13-17-10-7-6-8-11-17/h6-8,10-11,14-16,21H,2-5,9,12-13H2,1H3. The highest BCUT2D eigenvalue weighted by atomic mass is 16.5. The van der Waals surface area contributed by atoms with Gasteiger partial charge < -0.3 is 9.15 Å². The van der Waals surface area contributed by atoms with Gasteiger partial charge in [-0.05, 0) is 24.5 Å². The van der Waals surface area contributed by atoms with E-state index in [1.54, 1.807) is 12.3 Å². The molecule has 0 N–H and O–H groups in total. The van der Waals surface area contributed by atoms with Crippen LogP contribution in [0.2, 0.25) is 0 Å². The first-order chi connectivity index (χ1) is 12.3. The first-order valence-corrected chi connectivity index (χ1v) is 9.30. The number of rotatable bonds is 9. The van der Waals surface area contributed by atoms with Gasteiger partial charge in [-0.2, -0.15) is 0 Å². The molecule has 0 saturated heterocycles. The first kappa shape index (κ1) is 17.5. The van der Waals surface area contributed by atoms with Crippen LogP contribution in [0, 0.1) is 0 Å². The number of hydrogen-bond donors (Lipinski definition) is 0. The molecule has 1 aromatic heterocycles. The Morgan fingerprint density at radius 3 is 2.64 bits per heavy atom. The van der Waals surface area contributed by atoms with Crippen LogP contribution in [0.5, 0.6) is 0 Å². The first-order valence-electron chi connectivity index (χ1n) is 9.30. The number of unbranched alkanes of at least 4 members (excludes halogenated alkanes) is 4. The molecule has 0 saturated carbocycles. The van der Waals surface area contributed by atoms with Gasteiger partial charge in [0, 0.05) is 23.6 Å². The molecule has 1 atom stereocenters. The van der Waals surface area contributed by atoms with Crippen molar-refractivity contribution in [3.8, 4) is 0 Å². The maximum atomic E-state index is 11.7. The van der Waals surface area contributed by atoms with Gasteiger partial charge in [0.25, 0.3) is 0 Å². The van der Waals surface area contributed by atoms with Crippen molar-refractivity contribution in [1.29, 1.82) is 0 Å². The smallest absolute Gasteiger partial charge is 0.331 e. The van der Waals surface area contributed by atoms with E-state index in [4.69, 9.17) is 9.15 Å². The van der Waals surface area contributed by atoms with Crippen molar-refractivity contribution in [2.24, 2.45) is 0 Å². The Hall–Kier alpha value is -2.29. The minimum atomic E-state index is -0.237. The molecule has 1 aliphatic rings. The molecule has 2 aromatic rings. The molecule has 0 amide bonds. The molecule has 1 aromatic carbocycles. The van der Waals surface area contributed by atoms with E-state index in [1.165, 1.54) is 31.2 Å². The molecule has 2 heterocycles. The number of carbonyl (C=O) groups is 1. The van der Waals surface area contributed by atoms with Gasteiger partial charge in [-0.3, -0.25) is 0 Å². The molecule has 3 nitrogen and oxygen atoms in total. The van der Waals surface area contributed by atoms with Gasteiger partial charge in [-0.15, -0.1) is 0 Å². The van der Waals surface area contributed by atoms with E-state index in [0.29, 0.717) is 0 Å². The summed E-state index contributed by atoms with van der Waals surface area (Å²) in [5.41, 5.74) is 3.14. The van der Waals surface area contributed by atoms with Crippen LogP contribution in [0.4, 0.5) is 0 Å². The van der Waals surface area contributed by atoms with Gasteiger partial charge in [0.15, 0.2) is 0 Å². The van der Waals surface area contributed by atoms with Crippen LogP contribution in [0.1, 0.15) is 62.3 Å². The number of ether oxygens (including phenoxy) is 1. The van der Waals surface area contributed by atoms with Crippen LogP contribution in [0.3, 0.4) is 0 Å². The second-order valence-corrected chi connectivity index (χ2v) is 6.69. The van der Waals surface area contributed by atoms with Crippen molar-refractivity contribution < 1.29 is 13.9 Å². The van der Waals surface area contributed by atoms with Crippen molar-refractivity contribution in [1.82, 2.24) is 0 Å². The van der Waals surface area contributed by atoms with Crippen molar-refractivity contribution in [3.05, 3.63) is 65.6 Å². The summed E-state index contributed by atoms with van der Waals surface area (Å²) in [5, 5.41) is 0. The Balaban J connectivity index is 1.61. The van der Waals surface area contributed by atoms with Crippen LogP contribution < -0.4 is 0 Å². The van der Waals surface area contributed by atoms with Gasteiger partial charge >= 0.3 is 5.97 Å². The largest absolute Gasteiger partial charge is 0.468 e. The highest BCUT2D eigenvalue weighted by Gasteiger charge is 2.27. The number of carbonyl (C=O) groups excluding carboxylic acids is 1. The van der Waals surface area contributed by atoms with Crippen LogP contribution in [0.25, 0.3) is 5.57 Å². The van der Waals surface area contributed by atoms with E-state index in [1.807, 2.05) is 24.3 Å². The summed E-state index contributed by atoms with van der Waals surface area (Å²) < 4.78 is 11.2. The summed E-state index contributed by atoms with van der Waals surface area (Å²) in [6.45, 7) is 2.21. The topological polar surface area (TPSA) is 39.4 Å². The average Bonchev–Trinajstić information content (AvgIpc) is 3.22. The molecule has 0 aliphatic carbocycles. The molecule has 3 heteroatoms. The lowest BCUT2D eigenvalue weighted by atomic mass is 9.98. The zero-order chi connectivity index (χ0) is 17.5. The molecule has 0 radical (unpaired) electrons. The fraction of sp³-hybridized carbons (Fsp3) is 0.409. The maximum Gasteiger partial charge on any atom is 0.331 e. The fourth-order valence-corrected chi connectivity index (χ4v) is 3.30. The van der Waals surface area contributed by atoms with E-state index in [2.05, 4.69) is 19.1 Å². The summed E-state index contributed by atoms with van der Waals surface area (Å²) in [4.78, 5) is 11.7. The molecule has 25 heavy (non-hydrogen) atoms. The van der Waals surface area contributed by atoms with Crippen molar-refractivity contribution >= 4 is 11.5 Å². The summed E-state index contributed by atoms with van der Waals surface area (Å²) in [6.07, 6.45) is 10.9. The normalized spacial score (nSPS) is 16.8. The minimum absolute atomic E-state index is 0.128. The van der Waals surface area contributed by atoms with E-state index in [0.717, 1.165) is 36.2 Å². The monoisotopic (exact) mass is 338 g/mol. The van der Waals surface area contributed by atoms with Gasteiger partial charge in [0.2, 0.25) is 0 Å². The van der Waals surface area contributed by atoms with Crippen LogP contribution in [-0.2, 0) is 16.0 Å². The fourth-order valence-electron chi connectivity index (χ4n) is 3.30. The zero-order valence-electron chi connectivity index (χ0n) is 14.9. The number of benzene rings is 1. The lowest BCUT2D eigenvalue weighted by molar-refractivity contribution is -0.138. The third-order valence-corrected chi connectivity index (χ3v) is 4.66. The number of esters is 1. The summed E-state index contributed by atoms with van der Waals surface area (Å²) >= 11 is 0. The second kappa shape index (κ2) is 8.70. The van der Waals surface area contributed by atoms with E-state index < -0.39 is 0 Å². The quantitative estimate of drug-likeness (QED) is 0.445. The van der Waals surface area contributed by atoms with Crippen LogP contribution in [0.15, 0.2) is 53.2 Å². The number of hydrogen-bond acceptors (Lipinski definition) is 3. The second-order valence-electron chi connectivity index (χ2n) is 6.69. The summed E-state index contributed by atoms with van der Waals surface area (Å²) in [6, 6.07) is 12.3. The average molecular weight is 338 g/mol. The summed E-state index contributed by atoms with van der Waals surface area (Å²) in [7, 11) is 0. The van der Waals surface area contributed by atoms with E-state index in [-0.39, 0.29) is 12.1 Å². The van der Waals surface area contributed by atoms with Gasteiger partial charge in [0.05, 0.1) is 6.26 Å². The Morgan fingerprint density at radius 1 is 1.04 bits per heavy atom. The highest BCUT2D eigenvalue weighted by molar-refractivity contribution is 5.97. The van der Waals surface area contributed by atoms with Gasteiger partial charge in [-0.25, -0.2) is 4.79 Å². The molecular formula is C22H26O3. The summed E-state index contributed by atoms with van der Waals surface area (Å²) in [5.74, 6) is 0.669. The van der Waals surface area contributed by atoms with Gasteiger partial charge in [-0.1, -0.05) is 62.9 Å². The lowest BCUT2D eigenvalue weighted by Crippen LogP contribution is -2.10. The zero-order valence-corrected chi connectivity index (χ0v) is 14.9. The Bertz CT molecular complexity index is 712. The minimum Gasteiger partial charge on any atom is -0.468 e. The molecule has 3 rings (SSSR count). The van der Waals surface area contributed by atoms with E-state index in [9.17, 15) is 4.79 Å². The molecule has 0 fully saturated rings. The van der Waals surface area contributed by atoms with Crippen molar-refractivity contribution in [3.63, 3.8) is 0 Å². The van der Waals surface area contributed by atoms with Crippen molar-refractivity contribution in [2.75, 3.05) is 0 Å². The lowest BCUT2D eigenvalue weighted by Gasteiger charge is -2.13. The van der Waals surface area contributed by atoms with Crippen molar-refractivity contribution in [2.45, 2.75) is 58.0 Å². The SMILES string of the molecule is CCCCCCCC1OC(=O)C=C1c1coc(Cc2ccccc2)c1. The molecule has 0 bridgehead atoms. The predicted molar refractivity (Wildman–Crippen MR) is 99.2 cm³/mol. The molecule has 132 valence electrons. The molecular weight excluding hydrogens is 312 g/mol. The maximum absolute atomic E-state index is 11.7.